The van der Waals surface area contributed by atoms with Crippen LogP contribution in [0.15, 0.2) is 224 Å². The Hall–Kier alpha value is -7.82. The summed E-state index contributed by atoms with van der Waals surface area (Å²) in [4.78, 5) is 7.21. The summed E-state index contributed by atoms with van der Waals surface area (Å²) in [5.74, 6) is 0. The predicted octanol–water partition coefficient (Wildman–Crippen LogP) is 17.4. The maximum Gasteiger partial charge on any atom is 0.0541 e. The fraction of sp³-hybridized carbons (Fsp3) is 0.143. The highest BCUT2D eigenvalue weighted by Gasteiger charge is 2.17. The summed E-state index contributed by atoms with van der Waals surface area (Å²) < 4.78 is 2.44. The normalized spacial score (nSPS) is 11.3. The minimum atomic E-state index is 0.962. The topological polar surface area (TPSA) is 14.7 Å². The third-order valence-electron chi connectivity index (χ3n) is 13.0. The molecule has 1 heterocycles. The van der Waals surface area contributed by atoms with Gasteiger partial charge in [0.05, 0.1) is 11.0 Å². The SMILES string of the molecule is CCCN(c1ccccc1)c1ccc(-c2ccc(-n3c4ccc(-c5ccc(N(CCC)c6ccccc6)cc5)cc4c4cc(-c5ccc(N(CCC)c6ccccc6)cc5)ccc43)cc2)cc1. The molecule has 4 nitrogen and oxygen atoms in total. The molecule has 0 saturated heterocycles. The Morgan fingerprint density at radius 1 is 0.284 bits per heavy atom. The Morgan fingerprint density at radius 2 is 0.552 bits per heavy atom. The highest BCUT2D eigenvalue weighted by atomic mass is 15.1. The van der Waals surface area contributed by atoms with Gasteiger partial charge in [0.2, 0.25) is 0 Å². The van der Waals surface area contributed by atoms with Gasteiger partial charge in [-0.15, -0.1) is 0 Å². The maximum absolute atomic E-state index is 2.44. The number of anilines is 6. The lowest BCUT2D eigenvalue weighted by Crippen LogP contribution is -2.17. The largest absolute Gasteiger partial charge is 0.342 e. The molecule has 0 atom stereocenters. The van der Waals surface area contributed by atoms with Crippen LogP contribution < -0.4 is 14.7 Å². The van der Waals surface area contributed by atoms with Gasteiger partial charge in [-0.2, -0.15) is 0 Å². The van der Waals surface area contributed by atoms with Crippen molar-refractivity contribution in [3.05, 3.63) is 224 Å². The van der Waals surface area contributed by atoms with E-state index in [0.29, 0.717) is 0 Å². The molecule has 0 N–H and O–H groups in total. The number of hydrogen-bond acceptors (Lipinski definition) is 3. The monoisotopic (exact) mass is 870 g/mol. The molecule has 10 rings (SSSR count). The molecule has 4 heteroatoms. The first-order valence-electron chi connectivity index (χ1n) is 24.1. The van der Waals surface area contributed by atoms with Crippen molar-refractivity contribution < 1.29 is 0 Å². The Kier molecular flexibility index (Phi) is 12.7. The minimum Gasteiger partial charge on any atom is -0.342 e. The molecule has 0 saturated carbocycles. The summed E-state index contributed by atoms with van der Waals surface area (Å²) in [6.07, 6.45) is 3.21. The van der Waals surface area contributed by atoms with Crippen molar-refractivity contribution in [3.63, 3.8) is 0 Å². The number of para-hydroxylation sites is 3. The van der Waals surface area contributed by atoms with Crippen LogP contribution in [0.2, 0.25) is 0 Å². The van der Waals surface area contributed by atoms with Gasteiger partial charge in [-0.25, -0.2) is 0 Å². The van der Waals surface area contributed by atoms with E-state index in [1.807, 2.05) is 0 Å². The van der Waals surface area contributed by atoms with Crippen LogP contribution in [0.1, 0.15) is 40.0 Å². The Bertz CT molecular complexity index is 3030. The lowest BCUT2D eigenvalue weighted by Gasteiger charge is -2.24. The van der Waals surface area contributed by atoms with E-state index in [9.17, 15) is 0 Å². The zero-order valence-electron chi connectivity index (χ0n) is 38.9. The first-order valence-corrected chi connectivity index (χ1v) is 24.1. The van der Waals surface area contributed by atoms with E-state index in [1.54, 1.807) is 0 Å². The molecule has 0 unspecified atom stereocenters. The van der Waals surface area contributed by atoms with Gasteiger partial charge in [-0.1, -0.05) is 136 Å². The molecule has 0 spiro atoms. The fourth-order valence-corrected chi connectivity index (χ4v) is 9.68. The van der Waals surface area contributed by atoms with Crippen LogP contribution in [0, 0.1) is 0 Å². The van der Waals surface area contributed by atoms with Crippen LogP contribution in [0.3, 0.4) is 0 Å². The van der Waals surface area contributed by atoms with Gasteiger partial charge in [0.15, 0.2) is 0 Å². The Morgan fingerprint density at radius 3 is 0.866 bits per heavy atom. The summed E-state index contributed by atoms with van der Waals surface area (Å²) in [5, 5.41) is 2.47. The van der Waals surface area contributed by atoms with Gasteiger partial charge in [0.25, 0.3) is 0 Å². The molecular weight excluding hydrogens is 813 g/mol. The van der Waals surface area contributed by atoms with E-state index in [2.05, 4.69) is 264 Å². The van der Waals surface area contributed by atoms with Gasteiger partial charge >= 0.3 is 0 Å². The first kappa shape index (κ1) is 43.1. The summed E-state index contributed by atoms with van der Waals surface area (Å²) in [6.45, 7) is 9.61. The van der Waals surface area contributed by atoms with Gasteiger partial charge in [-0.05, 0) is 162 Å². The van der Waals surface area contributed by atoms with Crippen molar-refractivity contribution in [2.24, 2.45) is 0 Å². The van der Waals surface area contributed by atoms with E-state index in [1.165, 1.54) is 89.3 Å². The molecule has 0 amide bonds. The molecule has 0 radical (unpaired) electrons. The van der Waals surface area contributed by atoms with Gasteiger partial charge in [0.1, 0.15) is 0 Å². The molecule has 0 fully saturated rings. The molecule has 330 valence electrons. The van der Waals surface area contributed by atoms with Crippen molar-refractivity contribution in [1.82, 2.24) is 4.57 Å². The molecule has 0 aliphatic rings. The summed E-state index contributed by atoms with van der Waals surface area (Å²) in [6, 6.07) is 82.4. The highest BCUT2D eigenvalue weighted by molar-refractivity contribution is 6.11. The number of fused-ring (bicyclic) bond motifs is 3. The second kappa shape index (κ2) is 19.7. The fourth-order valence-electron chi connectivity index (χ4n) is 9.68. The molecule has 0 bridgehead atoms. The smallest absolute Gasteiger partial charge is 0.0541 e. The highest BCUT2D eigenvalue weighted by Crippen LogP contribution is 2.39. The zero-order valence-corrected chi connectivity index (χ0v) is 38.9. The minimum absolute atomic E-state index is 0.962. The van der Waals surface area contributed by atoms with Crippen LogP contribution in [0.4, 0.5) is 34.1 Å². The van der Waals surface area contributed by atoms with E-state index >= 15 is 0 Å². The molecule has 0 aliphatic carbocycles. The van der Waals surface area contributed by atoms with E-state index in [4.69, 9.17) is 0 Å². The summed E-state index contributed by atoms with van der Waals surface area (Å²) in [5.41, 5.74) is 18.0. The lowest BCUT2D eigenvalue weighted by atomic mass is 9.99. The Labute approximate surface area is 396 Å². The standard InChI is InChI=1S/C63H58N4/c1-4-42-64(53-16-10-7-11-17-53)56-32-22-47(23-33-56)48-28-38-59(39-29-48)67-62-40-30-51(49-24-34-57(35-25-49)65(43-5-2)54-18-12-8-13-19-54)45-60(62)61-46-52(31-41-63(61)67)50-26-36-58(37-27-50)66(44-6-3)55-20-14-9-15-21-55/h7-41,45-46H,4-6,42-44H2,1-3H3. The Balaban J connectivity index is 1.02. The van der Waals surface area contributed by atoms with E-state index < -0.39 is 0 Å². The summed E-state index contributed by atoms with van der Waals surface area (Å²) in [7, 11) is 0. The van der Waals surface area contributed by atoms with Crippen molar-refractivity contribution in [1.29, 1.82) is 0 Å². The quantitative estimate of drug-likeness (QED) is 0.0961. The van der Waals surface area contributed by atoms with Crippen molar-refractivity contribution >= 4 is 55.9 Å². The third kappa shape index (κ3) is 8.96. The second-order valence-electron chi connectivity index (χ2n) is 17.4. The second-order valence-corrected chi connectivity index (χ2v) is 17.4. The number of nitrogens with zero attached hydrogens (tertiary/aromatic N) is 4. The maximum atomic E-state index is 2.44. The third-order valence-corrected chi connectivity index (χ3v) is 13.0. The molecule has 0 aliphatic heterocycles. The lowest BCUT2D eigenvalue weighted by molar-refractivity contribution is 0.886. The predicted molar refractivity (Wildman–Crippen MR) is 288 cm³/mol. The number of aromatic nitrogens is 1. The average Bonchev–Trinajstić information content (AvgIpc) is 3.73. The number of hydrogen-bond donors (Lipinski definition) is 0. The van der Waals surface area contributed by atoms with E-state index in [0.717, 1.165) is 44.6 Å². The zero-order chi connectivity index (χ0) is 45.5. The average molecular weight is 871 g/mol. The van der Waals surface area contributed by atoms with Crippen molar-refractivity contribution in [2.75, 3.05) is 34.3 Å². The number of benzene rings is 9. The van der Waals surface area contributed by atoms with Gasteiger partial charge in [-0.3, -0.25) is 0 Å². The summed E-state index contributed by atoms with van der Waals surface area (Å²) >= 11 is 0. The molecule has 10 aromatic rings. The van der Waals surface area contributed by atoms with Crippen LogP contribution in [-0.4, -0.2) is 24.2 Å². The number of rotatable bonds is 16. The van der Waals surface area contributed by atoms with Gasteiger partial charge in [0, 0.05) is 70.2 Å². The van der Waals surface area contributed by atoms with E-state index in [-0.39, 0.29) is 0 Å². The van der Waals surface area contributed by atoms with Crippen molar-refractivity contribution in [3.8, 4) is 39.1 Å². The van der Waals surface area contributed by atoms with Crippen LogP contribution in [0.5, 0.6) is 0 Å². The van der Waals surface area contributed by atoms with Crippen LogP contribution in [-0.2, 0) is 0 Å². The molecule has 9 aromatic carbocycles. The first-order chi connectivity index (χ1) is 33.1. The molecular formula is C63H58N4. The van der Waals surface area contributed by atoms with Crippen molar-refractivity contribution in [2.45, 2.75) is 40.0 Å². The van der Waals surface area contributed by atoms with Crippen LogP contribution in [0.25, 0.3) is 60.9 Å². The van der Waals surface area contributed by atoms with Gasteiger partial charge < -0.3 is 19.3 Å². The molecule has 67 heavy (non-hydrogen) atoms. The molecule has 1 aromatic heterocycles. The van der Waals surface area contributed by atoms with Crippen LogP contribution >= 0.6 is 0 Å².